The molecule has 0 amide bonds. The number of sulfonamides is 1. The Morgan fingerprint density at radius 1 is 1.24 bits per heavy atom. The molecule has 1 aromatic heterocycles. The van der Waals surface area contributed by atoms with Gasteiger partial charge in [-0.05, 0) is 24.3 Å². The topological polar surface area (TPSA) is 72.2 Å². The first-order chi connectivity index (χ1) is 8.08. The molecule has 0 aliphatic carbocycles. The summed E-state index contributed by atoms with van der Waals surface area (Å²) in [5.74, 6) is 0. The molecule has 0 saturated heterocycles. The van der Waals surface area contributed by atoms with E-state index in [9.17, 15) is 8.42 Å². The first-order valence-electron chi connectivity index (χ1n) is 4.72. The van der Waals surface area contributed by atoms with E-state index in [2.05, 4.69) is 30.3 Å². The molecule has 0 spiro atoms. The summed E-state index contributed by atoms with van der Waals surface area (Å²) in [5.41, 5.74) is 0.533. The van der Waals surface area contributed by atoms with Crippen LogP contribution in [0, 0.1) is 0 Å². The van der Waals surface area contributed by atoms with Crippen LogP contribution in [0.5, 0.6) is 0 Å². The van der Waals surface area contributed by atoms with Crippen molar-refractivity contribution in [1.29, 1.82) is 0 Å². The van der Waals surface area contributed by atoms with Gasteiger partial charge in [0.1, 0.15) is 6.26 Å². The third-order valence-corrected chi connectivity index (χ3v) is 4.00. The van der Waals surface area contributed by atoms with Gasteiger partial charge in [-0.15, -0.1) is 0 Å². The highest BCUT2D eigenvalue weighted by Gasteiger charge is 2.13. The lowest BCUT2D eigenvalue weighted by Crippen LogP contribution is -2.23. The third kappa shape index (κ3) is 3.15. The summed E-state index contributed by atoms with van der Waals surface area (Å²) >= 11 is 3.25. The molecular formula is C10H9BrN2O3S. The summed E-state index contributed by atoms with van der Waals surface area (Å²) in [5, 5.41) is 3.62. The second-order valence-electron chi connectivity index (χ2n) is 3.27. The van der Waals surface area contributed by atoms with E-state index in [-0.39, 0.29) is 11.4 Å². The highest BCUT2D eigenvalue weighted by Crippen LogP contribution is 2.14. The second-order valence-corrected chi connectivity index (χ2v) is 5.95. The van der Waals surface area contributed by atoms with Crippen LogP contribution in [0.1, 0.15) is 5.69 Å². The van der Waals surface area contributed by atoms with Crippen molar-refractivity contribution in [2.24, 2.45) is 0 Å². The van der Waals surface area contributed by atoms with Gasteiger partial charge in [0.05, 0.1) is 17.1 Å². The molecule has 0 bridgehead atoms. The van der Waals surface area contributed by atoms with Crippen molar-refractivity contribution in [1.82, 2.24) is 9.88 Å². The van der Waals surface area contributed by atoms with Crippen molar-refractivity contribution in [2.75, 3.05) is 0 Å². The van der Waals surface area contributed by atoms with Crippen molar-refractivity contribution in [3.63, 3.8) is 0 Å². The highest BCUT2D eigenvalue weighted by molar-refractivity contribution is 9.10. The largest absolute Gasteiger partial charge is 0.364 e. The molecule has 0 unspecified atom stereocenters. The van der Waals surface area contributed by atoms with Crippen LogP contribution in [-0.2, 0) is 16.6 Å². The summed E-state index contributed by atoms with van der Waals surface area (Å²) < 4.78 is 31.6. The van der Waals surface area contributed by atoms with Crippen LogP contribution in [0.3, 0.4) is 0 Å². The molecule has 0 atom stereocenters. The molecular weight excluding hydrogens is 308 g/mol. The van der Waals surface area contributed by atoms with Gasteiger partial charge >= 0.3 is 0 Å². The Morgan fingerprint density at radius 3 is 2.53 bits per heavy atom. The van der Waals surface area contributed by atoms with E-state index in [0.717, 1.165) is 4.47 Å². The lowest BCUT2D eigenvalue weighted by molar-refractivity contribution is 0.411. The molecule has 5 nitrogen and oxygen atoms in total. The Kier molecular flexibility index (Phi) is 3.60. The number of hydrogen-bond acceptors (Lipinski definition) is 4. The third-order valence-electron chi connectivity index (χ3n) is 2.06. The monoisotopic (exact) mass is 316 g/mol. The van der Waals surface area contributed by atoms with Gasteiger partial charge in [0.25, 0.3) is 0 Å². The van der Waals surface area contributed by atoms with E-state index in [1.807, 2.05) is 0 Å². The maximum Gasteiger partial charge on any atom is 0.240 e. The van der Waals surface area contributed by atoms with Crippen LogP contribution < -0.4 is 4.72 Å². The SMILES string of the molecule is O=S(=O)(NCc1ccon1)c1ccc(Br)cc1. The average molecular weight is 317 g/mol. The van der Waals surface area contributed by atoms with Gasteiger partial charge in [0, 0.05) is 10.5 Å². The summed E-state index contributed by atoms with van der Waals surface area (Å²) in [6.45, 7) is 0.106. The first kappa shape index (κ1) is 12.3. The van der Waals surface area contributed by atoms with Crippen molar-refractivity contribution in [3.8, 4) is 0 Å². The molecule has 90 valence electrons. The zero-order chi connectivity index (χ0) is 12.3. The standard InChI is InChI=1S/C10H9BrN2O3S/c11-8-1-3-10(4-2-8)17(14,15)12-7-9-5-6-16-13-9/h1-6,12H,7H2. The fourth-order valence-corrected chi connectivity index (χ4v) is 2.46. The molecule has 1 aromatic carbocycles. The maximum absolute atomic E-state index is 11.9. The summed E-state index contributed by atoms with van der Waals surface area (Å²) in [6, 6.07) is 7.99. The van der Waals surface area contributed by atoms with Gasteiger partial charge in [0.15, 0.2) is 0 Å². The first-order valence-corrected chi connectivity index (χ1v) is 7.00. The van der Waals surface area contributed by atoms with Crippen molar-refractivity contribution in [3.05, 3.63) is 46.8 Å². The van der Waals surface area contributed by atoms with Gasteiger partial charge in [0.2, 0.25) is 10.0 Å². The average Bonchev–Trinajstić information content (AvgIpc) is 2.80. The molecule has 2 aromatic rings. The Morgan fingerprint density at radius 2 is 1.94 bits per heavy atom. The molecule has 1 N–H and O–H groups in total. The van der Waals surface area contributed by atoms with Crippen molar-refractivity contribution >= 4 is 26.0 Å². The maximum atomic E-state index is 11.9. The Bertz CT molecular complexity index is 579. The molecule has 7 heteroatoms. The van der Waals surface area contributed by atoms with E-state index in [0.29, 0.717) is 5.69 Å². The minimum absolute atomic E-state index is 0.106. The number of nitrogens with one attached hydrogen (secondary N) is 1. The van der Waals surface area contributed by atoms with Gasteiger partial charge in [-0.1, -0.05) is 21.1 Å². The summed E-state index contributed by atoms with van der Waals surface area (Å²) in [6.07, 6.45) is 1.39. The van der Waals surface area contributed by atoms with Crippen molar-refractivity contribution < 1.29 is 12.9 Å². The molecule has 1 heterocycles. The minimum atomic E-state index is -3.51. The molecule has 0 saturated carbocycles. The van der Waals surface area contributed by atoms with E-state index >= 15 is 0 Å². The van der Waals surface area contributed by atoms with Gasteiger partial charge in [-0.2, -0.15) is 0 Å². The Balaban J connectivity index is 2.11. The van der Waals surface area contributed by atoms with E-state index in [1.54, 1.807) is 18.2 Å². The molecule has 0 aliphatic heterocycles. The molecule has 0 aliphatic rings. The van der Waals surface area contributed by atoms with E-state index in [1.165, 1.54) is 18.4 Å². The van der Waals surface area contributed by atoms with E-state index < -0.39 is 10.0 Å². The summed E-state index contributed by atoms with van der Waals surface area (Å²) in [7, 11) is -3.51. The second kappa shape index (κ2) is 4.99. The number of hydrogen-bond donors (Lipinski definition) is 1. The van der Waals surface area contributed by atoms with E-state index in [4.69, 9.17) is 0 Å². The lowest BCUT2D eigenvalue weighted by Gasteiger charge is -2.04. The zero-order valence-electron chi connectivity index (χ0n) is 8.63. The number of halogens is 1. The minimum Gasteiger partial charge on any atom is -0.364 e. The Hall–Kier alpha value is -1.18. The van der Waals surface area contributed by atoms with Gasteiger partial charge in [-0.25, -0.2) is 13.1 Å². The van der Waals surface area contributed by atoms with Crippen LogP contribution in [0.2, 0.25) is 0 Å². The van der Waals surface area contributed by atoms with Crippen molar-refractivity contribution in [2.45, 2.75) is 11.4 Å². The van der Waals surface area contributed by atoms with Crippen LogP contribution in [-0.4, -0.2) is 13.6 Å². The van der Waals surface area contributed by atoms with Crippen LogP contribution in [0.15, 0.2) is 50.5 Å². The smallest absolute Gasteiger partial charge is 0.240 e. The number of benzene rings is 1. The quantitative estimate of drug-likeness (QED) is 0.935. The summed E-state index contributed by atoms with van der Waals surface area (Å²) in [4.78, 5) is 0.212. The predicted molar refractivity (Wildman–Crippen MR) is 64.7 cm³/mol. The predicted octanol–water partition coefficient (Wildman–Crippen LogP) is 1.92. The number of rotatable bonds is 4. The molecule has 2 rings (SSSR count). The van der Waals surface area contributed by atoms with Crippen LogP contribution >= 0.6 is 15.9 Å². The fourth-order valence-electron chi connectivity index (χ4n) is 1.19. The van der Waals surface area contributed by atoms with Gasteiger partial charge in [-0.3, -0.25) is 0 Å². The Labute approximate surface area is 107 Å². The fraction of sp³-hybridized carbons (Fsp3) is 0.100. The van der Waals surface area contributed by atoms with Gasteiger partial charge < -0.3 is 4.52 Å². The molecule has 0 radical (unpaired) electrons. The molecule has 17 heavy (non-hydrogen) atoms. The molecule has 0 fully saturated rings. The number of aromatic nitrogens is 1. The highest BCUT2D eigenvalue weighted by atomic mass is 79.9. The van der Waals surface area contributed by atoms with Crippen LogP contribution in [0.25, 0.3) is 0 Å². The van der Waals surface area contributed by atoms with Crippen LogP contribution in [0.4, 0.5) is 0 Å². The normalized spacial score (nSPS) is 11.6. The zero-order valence-corrected chi connectivity index (χ0v) is 11.0. The lowest BCUT2D eigenvalue weighted by atomic mass is 10.4. The number of nitrogens with zero attached hydrogens (tertiary/aromatic N) is 1.